The fourth-order valence-electron chi connectivity index (χ4n) is 9.22. The van der Waals surface area contributed by atoms with E-state index < -0.39 is 42.2 Å². The molecule has 14 nitrogen and oxygen atoms in total. The van der Waals surface area contributed by atoms with Gasteiger partial charge in [0.15, 0.2) is 17.2 Å². The second-order valence-electron chi connectivity index (χ2n) is 18.8. The molecular weight excluding hydrogens is 977 g/mol. The van der Waals surface area contributed by atoms with Crippen LogP contribution in [-0.2, 0) is 61.5 Å². The number of fused-ring (bicyclic) bond motifs is 1. The molecule has 0 spiro atoms. The minimum atomic E-state index is -1.12. The average molecular weight is 1050 g/mol. The van der Waals surface area contributed by atoms with Crippen molar-refractivity contribution in [2.45, 2.75) is 109 Å². The number of aliphatic hydroxyl groups excluding tert-OH is 1. The van der Waals surface area contributed by atoms with Crippen LogP contribution in [0.5, 0.6) is 23.0 Å². The molecule has 1 amide bonds. The highest BCUT2D eigenvalue weighted by molar-refractivity contribution is 6.03. The molecule has 1 saturated heterocycles. The Hall–Kier alpha value is -7.30. The minimum absolute atomic E-state index is 0.112. The number of pyridine rings is 1. The Morgan fingerprint density at radius 2 is 1.19 bits per heavy atom. The highest BCUT2D eigenvalue weighted by Gasteiger charge is 2.50. The topological polar surface area (TPSA) is 165 Å². The maximum atomic E-state index is 13.5. The van der Waals surface area contributed by atoms with Crippen molar-refractivity contribution in [1.29, 1.82) is 0 Å². The van der Waals surface area contributed by atoms with E-state index in [1.165, 1.54) is 39.6 Å². The van der Waals surface area contributed by atoms with Gasteiger partial charge in [-0.3, -0.25) is 9.59 Å². The molecule has 7 aromatic rings. The smallest absolute Gasteiger partial charge is 0.291 e. The number of H-pyrrole nitrogens is 1. The molecule has 1 aromatic heterocycles. The van der Waals surface area contributed by atoms with Gasteiger partial charge in [0.25, 0.3) is 5.56 Å². The highest BCUT2D eigenvalue weighted by atomic mass is 16.7. The summed E-state index contributed by atoms with van der Waals surface area (Å²) >= 11 is 0. The summed E-state index contributed by atoms with van der Waals surface area (Å²) in [6, 6.07) is 48.2. The average Bonchev–Trinajstić information content (AvgIpc) is 3.46. The van der Waals surface area contributed by atoms with Gasteiger partial charge in [0, 0.05) is 22.7 Å². The van der Waals surface area contributed by atoms with Crippen LogP contribution in [0.15, 0.2) is 163 Å². The van der Waals surface area contributed by atoms with Crippen molar-refractivity contribution < 1.29 is 52.5 Å². The number of unbranched alkanes of at least 4 members (excludes halogenated alkanes) is 5. The zero-order chi connectivity index (χ0) is 53.6. The predicted molar refractivity (Wildman–Crippen MR) is 297 cm³/mol. The third kappa shape index (κ3) is 15.9. The molecule has 14 heteroatoms. The van der Waals surface area contributed by atoms with Gasteiger partial charge >= 0.3 is 0 Å². The van der Waals surface area contributed by atoms with Crippen molar-refractivity contribution in [2.24, 2.45) is 0 Å². The standard InChI is InChI=1S/C63H70N2O12/c1-4-5-6-7-8-21-34-72-57-51(38-66)50-32-31-49(37-52(50)65-62(57)68)64-56(67)33-30-48-35-53(69-2)58(54(36-48)70-3)77-63-61(75-42-47-28-19-12-20-29-47)60(74-41-46-26-17-11-18-27-46)59(73-40-45-24-15-10-16-25-45)55(76-63)43-71-39-44-22-13-9-14-23-44/h9-20,22-33,35-37,55,59-61,63,66H,4-8,21,34,38-43H2,1-3H3,(H,64,67)(H,65,68)/t55-,59+,60+,61-,63+/m1/s1. The van der Waals surface area contributed by atoms with Crippen LogP contribution in [0.2, 0.25) is 0 Å². The van der Waals surface area contributed by atoms with E-state index >= 15 is 0 Å². The van der Waals surface area contributed by atoms with E-state index in [4.69, 9.17) is 42.6 Å². The van der Waals surface area contributed by atoms with E-state index in [1.807, 2.05) is 121 Å². The van der Waals surface area contributed by atoms with Crippen LogP contribution in [0, 0.1) is 0 Å². The third-order valence-corrected chi connectivity index (χ3v) is 13.2. The van der Waals surface area contributed by atoms with Gasteiger partial charge in [0.05, 0.1) is 66.0 Å². The summed E-state index contributed by atoms with van der Waals surface area (Å²) in [5, 5.41) is 13.8. The molecule has 0 saturated carbocycles. The van der Waals surface area contributed by atoms with E-state index in [2.05, 4.69) is 17.2 Å². The van der Waals surface area contributed by atoms with Gasteiger partial charge in [-0.2, -0.15) is 0 Å². The number of amides is 1. The van der Waals surface area contributed by atoms with Gasteiger partial charge in [0.1, 0.15) is 24.4 Å². The Balaban J connectivity index is 1.04. The molecule has 3 N–H and O–H groups in total. The number of methoxy groups -OCH3 is 2. The van der Waals surface area contributed by atoms with Crippen molar-refractivity contribution in [2.75, 3.05) is 32.8 Å². The number of aromatic nitrogens is 1. The molecule has 1 aliphatic rings. The number of hydrogen-bond acceptors (Lipinski definition) is 12. The first-order valence-corrected chi connectivity index (χ1v) is 26.4. The summed E-state index contributed by atoms with van der Waals surface area (Å²) in [6.07, 6.45) is 5.32. The van der Waals surface area contributed by atoms with Gasteiger partial charge in [-0.15, -0.1) is 0 Å². The number of hydrogen-bond donors (Lipinski definition) is 3. The molecule has 0 aliphatic carbocycles. The van der Waals surface area contributed by atoms with Gasteiger partial charge in [-0.05, 0) is 64.6 Å². The Bertz CT molecular complexity index is 2970. The molecule has 5 atom stereocenters. The lowest BCUT2D eigenvalue weighted by Gasteiger charge is -2.45. The van der Waals surface area contributed by atoms with Crippen molar-refractivity contribution in [3.05, 3.63) is 201 Å². The number of benzene rings is 6. The summed E-state index contributed by atoms with van der Waals surface area (Å²) in [6.45, 7) is 3.36. The normalized spacial score (nSPS) is 17.3. The van der Waals surface area contributed by atoms with Gasteiger partial charge in [-0.25, -0.2) is 0 Å². The fourth-order valence-corrected chi connectivity index (χ4v) is 9.22. The van der Waals surface area contributed by atoms with Crippen LogP contribution in [0.1, 0.15) is 78.8 Å². The lowest BCUT2D eigenvalue weighted by molar-refractivity contribution is -0.310. The molecule has 0 bridgehead atoms. The van der Waals surface area contributed by atoms with E-state index in [-0.39, 0.29) is 44.5 Å². The Kier molecular flexibility index (Phi) is 21.3. The van der Waals surface area contributed by atoms with Gasteiger partial charge in [-0.1, -0.05) is 166 Å². The number of ether oxygens (including phenoxy) is 9. The van der Waals surface area contributed by atoms with Gasteiger partial charge in [0.2, 0.25) is 17.9 Å². The van der Waals surface area contributed by atoms with Crippen molar-refractivity contribution in [3.8, 4) is 23.0 Å². The van der Waals surface area contributed by atoms with Crippen molar-refractivity contribution in [3.63, 3.8) is 0 Å². The minimum Gasteiger partial charge on any atom is -0.493 e. The third-order valence-electron chi connectivity index (χ3n) is 13.2. The summed E-state index contributed by atoms with van der Waals surface area (Å²) in [7, 11) is 3.03. The molecule has 77 heavy (non-hydrogen) atoms. The SMILES string of the molecule is CCCCCCCCOc1c(CO)c2ccc(NC(=O)C=Cc3cc(OC)c(O[C@@H]4O[C@H](COCc5ccccc5)[C@H](OCc5ccccc5)[C@H](OCc5ccccc5)[C@H]4OCc4ccccc4)c(OC)c3)cc2[nH]c1=O. The monoisotopic (exact) mass is 1050 g/mol. The maximum absolute atomic E-state index is 13.5. The zero-order valence-electron chi connectivity index (χ0n) is 44.1. The Labute approximate surface area is 450 Å². The Morgan fingerprint density at radius 3 is 1.77 bits per heavy atom. The number of aromatic amines is 1. The van der Waals surface area contributed by atoms with Crippen molar-refractivity contribution in [1.82, 2.24) is 4.98 Å². The number of rotatable bonds is 29. The van der Waals surface area contributed by atoms with Crippen LogP contribution < -0.4 is 29.8 Å². The second-order valence-corrected chi connectivity index (χ2v) is 18.8. The quantitative estimate of drug-likeness (QED) is 0.0301. The van der Waals surface area contributed by atoms with E-state index in [9.17, 15) is 14.7 Å². The lowest BCUT2D eigenvalue weighted by Crippen LogP contribution is -2.62. The number of aliphatic hydroxyl groups is 1. The van der Waals surface area contributed by atoms with Crippen LogP contribution in [0.25, 0.3) is 17.0 Å². The first kappa shape index (κ1) is 55.9. The number of nitrogens with one attached hydrogen (secondary N) is 2. The van der Waals surface area contributed by atoms with Crippen LogP contribution >= 0.6 is 0 Å². The molecule has 404 valence electrons. The van der Waals surface area contributed by atoms with Crippen molar-refractivity contribution >= 4 is 28.6 Å². The fraction of sp³-hybridized carbons (Fsp3) is 0.333. The molecular formula is C63H70N2O12. The summed E-state index contributed by atoms with van der Waals surface area (Å²) in [4.78, 5) is 29.5. The molecule has 1 fully saturated rings. The van der Waals surface area contributed by atoms with E-state index in [1.54, 1.807) is 36.4 Å². The van der Waals surface area contributed by atoms with Gasteiger partial charge < -0.3 is 58.0 Å². The largest absolute Gasteiger partial charge is 0.493 e. The number of carbonyl (C=O) groups is 1. The summed E-state index contributed by atoms with van der Waals surface area (Å²) < 4.78 is 58.7. The number of anilines is 1. The van der Waals surface area contributed by atoms with E-state index in [0.29, 0.717) is 52.4 Å². The molecule has 0 radical (unpaired) electrons. The first-order valence-electron chi connectivity index (χ1n) is 26.4. The summed E-state index contributed by atoms with van der Waals surface area (Å²) in [5.41, 5.74) is 5.27. The number of carbonyl (C=O) groups excluding carboxylic acids is 1. The predicted octanol–water partition coefficient (Wildman–Crippen LogP) is 11.5. The molecule has 2 heterocycles. The van der Waals surface area contributed by atoms with Crippen LogP contribution in [0.4, 0.5) is 5.69 Å². The lowest BCUT2D eigenvalue weighted by atomic mass is 9.97. The highest BCUT2D eigenvalue weighted by Crippen LogP contribution is 2.42. The Morgan fingerprint density at radius 1 is 0.649 bits per heavy atom. The second kappa shape index (κ2) is 29.3. The molecule has 0 unspecified atom stereocenters. The summed E-state index contributed by atoms with van der Waals surface area (Å²) in [5.74, 6) is 0.494. The molecule has 8 rings (SSSR count). The van der Waals surface area contributed by atoms with Crippen LogP contribution in [0.3, 0.4) is 0 Å². The first-order chi connectivity index (χ1) is 37.8. The van der Waals surface area contributed by atoms with E-state index in [0.717, 1.165) is 41.5 Å². The molecule has 6 aromatic carbocycles. The zero-order valence-corrected chi connectivity index (χ0v) is 44.1. The maximum Gasteiger partial charge on any atom is 0.291 e. The van der Waals surface area contributed by atoms with Crippen LogP contribution in [-0.4, -0.2) is 74.1 Å². The molecule has 1 aliphatic heterocycles.